The third-order valence-electron chi connectivity index (χ3n) is 3.25. The van der Waals surface area contributed by atoms with Gasteiger partial charge in [-0.2, -0.15) is 0 Å². The summed E-state index contributed by atoms with van der Waals surface area (Å²) in [7, 11) is 0. The summed E-state index contributed by atoms with van der Waals surface area (Å²) < 4.78 is 0. The largest absolute Gasteiger partial charge is 0.508 e. The van der Waals surface area contributed by atoms with E-state index in [9.17, 15) is 10.2 Å². The molecule has 0 amide bonds. The van der Waals surface area contributed by atoms with E-state index in [0.717, 1.165) is 36.0 Å². The fourth-order valence-corrected chi connectivity index (χ4v) is 2.04. The van der Waals surface area contributed by atoms with Gasteiger partial charge in [-0.05, 0) is 36.8 Å². The molecule has 0 radical (unpaired) electrons. The van der Waals surface area contributed by atoms with Gasteiger partial charge in [0, 0.05) is 11.1 Å². The van der Waals surface area contributed by atoms with Crippen LogP contribution in [-0.2, 0) is 11.8 Å². The molecule has 0 aromatic heterocycles. The van der Waals surface area contributed by atoms with Crippen LogP contribution in [-0.4, -0.2) is 10.2 Å². The first-order valence-electron chi connectivity index (χ1n) is 6.34. The molecule has 0 fully saturated rings. The summed E-state index contributed by atoms with van der Waals surface area (Å²) in [5.41, 5.74) is 2.38. The third kappa shape index (κ3) is 2.93. The Morgan fingerprint density at radius 3 is 2.24 bits per heavy atom. The molecule has 0 spiro atoms. The zero-order valence-electron chi connectivity index (χ0n) is 11.6. The number of unbranched alkanes of at least 4 members (excludes halogenated alkanes) is 1. The van der Waals surface area contributed by atoms with E-state index in [-0.39, 0.29) is 5.41 Å². The molecule has 0 aliphatic heterocycles. The number of aromatic hydroxyl groups is 2. The lowest BCUT2D eigenvalue weighted by Gasteiger charge is -2.24. The van der Waals surface area contributed by atoms with Gasteiger partial charge >= 0.3 is 0 Å². The smallest absolute Gasteiger partial charge is 0.123 e. The van der Waals surface area contributed by atoms with Crippen molar-refractivity contribution in [2.24, 2.45) is 0 Å². The molecule has 1 rings (SSSR count). The highest BCUT2D eigenvalue weighted by molar-refractivity contribution is 5.54. The summed E-state index contributed by atoms with van der Waals surface area (Å²) in [6.07, 6.45) is 2.94. The number of benzene rings is 1. The first-order chi connectivity index (χ1) is 7.79. The first kappa shape index (κ1) is 13.9. The molecule has 0 atom stereocenters. The minimum atomic E-state index is -0.157. The molecule has 1 aromatic rings. The van der Waals surface area contributed by atoms with Crippen LogP contribution < -0.4 is 0 Å². The Kier molecular flexibility index (Phi) is 4.07. The molecule has 0 bridgehead atoms. The van der Waals surface area contributed by atoms with Crippen molar-refractivity contribution in [3.8, 4) is 11.5 Å². The molecule has 0 saturated carbocycles. The molecular weight excluding hydrogens is 212 g/mol. The van der Waals surface area contributed by atoms with Gasteiger partial charge in [-0.25, -0.2) is 0 Å². The number of rotatable bonds is 3. The van der Waals surface area contributed by atoms with Gasteiger partial charge < -0.3 is 10.2 Å². The zero-order chi connectivity index (χ0) is 13.2. The van der Waals surface area contributed by atoms with Crippen molar-refractivity contribution in [2.75, 3.05) is 0 Å². The van der Waals surface area contributed by atoms with E-state index in [4.69, 9.17) is 0 Å². The molecule has 0 heterocycles. The lowest BCUT2D eigenvalue weighted by molar-refractivity contribution is 0.425. The van der Waals surface area contributed by atoms with Crippen LogP contribution in [0.5, 0.6) is 11.5 Å². The van der Waals surface area contributed by atoms with Crippen molar-refractivity contribution in [2.45, 2.75) is 59.3 Å². The van der Waals surface area contributed by atoms with Crippen molar-refractivity contribution < 1.29 is 10.2 Å². The maximum Gasteiger partial charge on any atom is 0.123 e. The monoisotopic (exact) mass is 236 g/mol. The molecular formula is C15H24O2. The van der Waals surface area contributed by atoms with Crippen LogP contribution in [0.1, 0.15) is 57.2 Å². The fraction of sp³-hybridized carbons (Fsp3) is 0.600. The quantitative estimate of drug-likeness (QED) is 0.777. The lowest BCUT2D eigenvalue weighted by atomic mass is 9.83. The Balaban J connectivity index is 3.33. The van der Waals surface area contributed by atoms with Gasteiger partial charge in [-0.15, -0.1) is 0 Å². The third-order valence-corrected chi connectivity index (χ3v) is 3.25. The van der Waals surface area contributed by atoms with Crippen LogP contribution >= 0.6 is 0 Å². The van der Waals surface area contributed by atoms with Crippen molar-refractivity contribution in [3.05, 3.63) is 22.8 Å². The van der Waals surface area contributed by atoms with Crippen molar-refractivity contribution >= 4 is 0 Å². The van der Waals surface area contributed by atoms with Crippen LogP contribution in [0.3, 0.4) is 0 Å². The summed E-state index contributed by atoms with van der Waals surface area (Å²) in [5.74, 6) is 0.653. The second-order valence-electron chi connectivity index (χ2n) is 5.75. The Morgan fingerprint density at radius 1 is 1.18 bits per heavy atom. The van der Waals surface area contributed by atoms with Gasteiger partial charge in [-0.3, -0.25) is 0 Å². The minimum Gasteiger partial charge on any atom is -0.508 e. The topological polar surface area (TPSA) is 40.5 Å². The molecule has 0 saturated heterocycles. The summed E-state index contributed by atoms with van der Waals surface area (Å²) in [4.78, 5) is 0. The van der Waals surface area contributed by atoms with Gasteiger partial charge in [0.1, 0.15) is 11.5 Å². The highest BCUT2D eigenvalue weighted by atomic mass is 16.3. The van der Waals surface area contributed by atoms with Crippen LogP contribution in [0.2, 0.25) is 0 Å². The Morgan fingerprint density at radius 2 is 1.76 bits per heavy atom. The van der Waals surface area contributed by atoms with Crippen molar-refractivity contribution in [1.82, 2.24) is 0 Å². The lowest BCUT2D eigenvalue weighted by Crippen LogP contribution is -2.12. The van der Waals surface area contributed by atoms with E-state index < -0.39 is 0 Å². The Labute approximate surface area is 104 Å². The predicted octanol–water partition coefficient (Wildman–Crippen LogP) is 4.05. The van der Waals surface area contributed by atoms with Crippen molar-refractivity contribution in [1.29, 1.82) is 0 Å². The number of phenols is 2. The maximum absolute atomic E-state index is 10.3. The molecule has 2 nitrogen and oxygen atoms in total. The summed E-state index contributed by atoms with van der Waals surface area (Å²) in [5, 5.41) is 20.3. The molecule has 2 N–H and O–H groups in total. The van der Waals surface area contributed by atoms with Gasteiger partial charge in [-0.1, -0.05) is 34.1 Å². The van der Waals surface area contributed by atoms with E-state index >= 15 is 0 Å². The molecule has 1 aromatic carbocycles. The second kappa shape index (κ2) is 4.99. The fourth-order valence-electron chi connectivity index (χ4n) is 2.04. The van der Waals surface area contributed by atoms with Gasteiger partial charge in [0.25, 0.3) is 0 Å². The molecule has 0 aliphatic carbocycles. The summed E-state index contributed by atoms with van der Waals surface area (Å²) in [6, 6.07) is 1.69. The molecule has 0 unspecified atom stereocenters. The normalized spacial score (nSPS) is 11.8. The van der Waals surface area contributed by atoms with E-state index in [1.807, 2.05) is 27.7 Å². The highest BCUT2D eigenvalue weighted by Gasteiger charge is 2.23. The number of hydrogen-bond donors (Lipinski definition) is 2. The van der Waals surface area contributed by atoms with E-state index in [1.54, 1.807) is 6.07 Å². The van der Waals surface area contributed by atoms with Crippen LogP contribution in [0, 0.1) is 6.92 Å². The predicted molar refractivity (Wildman–Crippen MR) is 71.8 cm³/mol. The summed E-state index contributed by atoms with van der Waals surface area (Å²) in [6.45, 7) is 10.1. The highest BCUT2D eigenvalue weighted by Crippen LogP contribution is 2.39. The van der Waals surface area contributed by atoms with Crippen LogP contribution in [0.25, 0.3) is 0 Å². The Bertz CT molecular complexity index is 400. The average molecular weight is 236 g/mol. The molecule has 17 heavy (non-hydrogen) atoms. The van der Waals surface area contributed by atoms with Gasteiger partial charge in [0.15, 0.2) is 0 Å². The molecule has 0 aliphatic rings. The Hall–Kier alpha value is -1.18. The van der Waals surface area contributed by atoms with Gasteiger partial charge in [0.05, 0.1) is 0 Å². The van der Waals surface area contributed by atoms with E-state index in [2.05, 4.69) is 6.92 Å². The van der Waals surface area contributed by atoms with E-state index in [0.29, 0.717) is 11.5 Å². The summed E-state index contributed by atoms with van der Waals surface area (Å²) >= 11 is 0. The maximum atomic E-state index is 10.3. The zero-order valence-corrected chi connectivity index (χ0v) is 11.6. The van der Waals surface area contributed by atoms with Crippen molar-refractivity contribution in [3.63, 3.8) is 0 Å². The minimum absolute atomic E-state index is 0.157. The number of hydrogen-bond acceptors (Lipinski definition) is 2. The van der Waals surface area contributed by atoms with Crippen LogP contribution in [0.15, 0.2) is 6.07 Å². The second-order valence-corrected chi connectivity index (χ2v) is 5.75. The van der Waals surface area contributed by atoms with Gasteiger partial charge in [0.2, 0.25) is 0 Å². The molecule has 2 heteroatoms. The standard InChI is InChI=1S/C15H24O2/c1-6-7-8-11-10(2)13(16)9-12(14(11)17)15(3,4)5/h9,16-17H,6-8H2,1-5H3. The number of phenolic OH excluding ortho intramolecular Hbond substituents is 2. The average Bonchev–Trinajstić information content (AvgIpc) is 2.22. The van der Waals surface area contributed by atoms with Crippen LogP contribution in [0.4, 0.5) is 0 Å². The van der Waals surface area contributed by atoms with E-state index in [1.165, 1.54) is 0 Å². The first-order valence-corrected chi connectivity index (χ1v) is 6.34. The molecule has 96 valence electrons. The SMILES string of the molecule is CCCCc1c(C)c(O)cc(C(C)(C)C)c1O.